The molecule has 4 fully saturated rings. The number of hydrogen-bond donors (Lipinski definition) is 1. The van der Waals surface area contributed by atoms with Gasteiger partial charge in [0.1, 0.15) is 11.5 Å². The molecule has 168 valence electrons. The van der Waals surface area contributed by atoms with E-state index in [4.69, 9.17) is 9.47 Å². The molecule has 1 N–H and O–H groups in total. The van der Waals surface area contributed by atoms with Crippen LogP contribution in [0, 0.1) is 21.3 Å². The molecule has 32 heavy (non-hydrogen) atoms. The lowest BCUT2D eigenvalue weighted by molar-refractivity contribution is -0.00617. The summed E-state index contributed by atoms with van der Waals surface area (Å²) in [5.41, 5.74) is 2.08. The average molecular weight is 546 g/mol. The van der Waals surface area contributed by atoms with Gasteiger partial charge in [-0.25, -0.2) is 4.79 Å². The van der Waals surface area contributed by atoms with Crippen LogP contribution in [0.3, 0.4) is 0 Å². The molecular weight excluding hydrogens is 519 g/mol. The zero-order chi connectivity index (χ0) is 22.5. The Balaban J connectivity index is 1.39. The number of ketones is 1. The van der Waals surface area contributed by atoms with Crippen molar-refractivity contribution in [2.45, 2.75) is 43.9 Å². The fraction of sp³-hybridized carbons (Fsp3) is 0.462. The van der Waals surface area contributed by atoms with Crippen molar-refractivity contribution >= 4 is 34.3 Å². The van der Waals surface area contributed by atoms with E-state index in [-0.39, 0.29) is 23.4 Å². The molecule has 4 aliphatic rings. The second kappa shape index (κ2) is 8.36. The Morgan fingerprint density at radius 1 is 0.969 bits per heavy atom. The maximum absolute atomic E-state index is 13.0. The van der Waals surface area contributed by atoms with E-state index in [0.29, 0.717) is 11.3 Å². The van der Waals surface area contributed by atoms with Crippen LogP contribution in [0.5, 0.6) is 11.5 Å². The third-order valence-corrected chi connectivity index (χ3v) is 8.56. The van der Waals surface area contributed by atoms with Gasteiger partial charge in [-0.3, -0.25) is 4.79 Å². The zero-order valence-corrected chi connectivity index (χ0v) is 20.3. The van der Waals surface area contributed by atoms with Crippen LogP contribution >= 0.6 is 22.6 Å². The van der Waals surface area contributed by atoms with Crippen molar-refractivity contribution in [2.75, 3.05) is 13.7 Å². The summed E-state index contributed by atoms with van der Waals surface area (Å²) in [6.07, 6.45) is 7.68. The summed E-state index contributed by atoms with van der Waals surface area (Å²) in [7, 11) is 1.71. The summed E-state index contributed by atoms with van der Waals surface area (Å²) >= 11 is 2.08. The summed E-state index contributed by atoms with van der Waals surface area (Å²) < 4.78 is 12.3. The molecule has 4 aliphatic carbocycles. The van der Waals surface area contributed by atoms with Gasteiger partial charge in [-0.1, -0.05) is 0 Å². The molecule has 4 saturated carbocycles. The summed E-state index contributed by atoms with van der Waals surface area (Å²) in [5.74, 6) is 2.57. The average Bonchev–Trinajstić information content (AvgIpc) is 2.76. The fourth-order valence-electron chi connectivity index (χ4n) is 6.71. The highest BCUT2D eigenvalue weighted by atomic mass is 127. The lowest BCUT2D eigenvalue weighted by Gasteiger charge is -2.57. The minimum atomic E-state index is -1.02. The van der Waals surface area contributed by atoms with Crippen molar-refractivity contribution in [1.82, 2.24) is 0 Å². The molecule has 4 bridgehead atoms. The number of carbonyl (C=O) groups is 2. The number of ether oxygens (including phenoxy) is 2. The lowest BCUT2D eigenvalue weighted by atomic mass is 9.48. The van der Waals surface area contributed by atoms with Crippen molar-refractivity contribution in [2.24, 2.45) is 17.8 Å². The van der Waals surface area contributed by atoms with Gasteiger partial charge in [-0.2, -0.15) is 0 Å². The first-order valence-corrected chi connectivity index (χ1v) is 12.3. The lowest BCUT2D eigenvalue weighted by Crippen LogP contribution is -2.48. The number of benzene rings is 2. The molecule has 0 radical (unpaired) electrons. The van der Waals surface area contributed by atoms with E-state index in [1.807, 2.05) is 18.2 Å². The number of rotatable bonds is 7. The minimum absolute atomic E-state index is 0.116. The van der Waals surface area contributed by atoms with Crippen molar-refractivity contribution in [3.05, 3.63) is 56.7 Å². The van der Waals surface area contributed by atoms with Gasteiger partial charge in [0.2, 0.25) is 0 Å². The Kier molecular flexibility index (Phi) is 5.68. The van der Waals surface area contributed by atoms with Crippen molar-refractivity contribution < 1.29 is 24.2 Å². The van der Waals surface area contributed by atoms with E-state index in [1.54, 1.807) is 13.2 Å². The van der Waals surface area contributed by atoms with Gasteiger partial charge in [-0.05, 0) is 121 Å². The van der Waals surface area contributed by atoms with Crippen LogP contribution in [-0.2, 0) is 5.41 Å². The highest BCUT2D eigenvalue weighted by molar-refractivity contribution is 14.1. The number of carboxylic acid groups (broad SMARTS) is 1. The molecule has 0 aliphatic heterocycles. The first-order chi connectivity index (χ1) is 15.4. The normalized spacial score (nSPS) is 27.9. The maximum Gasteiger partial charge on any atom is 0.335 e. The molecule has 0 aromatic heterocycles. The van der Waals surface area contributed by atoms with E-state index >= 15 is 0 Å². The zero-order valence-electron chi connectivity index (χ0n) is 18.1. The highest BCUT2D eigenvalue weighted by Gasteiger charge is 2.52. The largest absolute Gasteiger partial charge is 0.496 e. The second-order valence-electron chi connectivity index (χ2n) is 9.78. The molecule has 6 heteroatoms. The standard InChI is InChI=1S/C26H27IO5/c1-31-23-5-3-18(22(28)14-32-24-10-19(25(29)30)2-4-21(24)27)9-20(23)26-11-15-6-16(12-26)8-17(7-15)13-26/h2-5,9-10,15-17H,6-8,11-14H2,1H3,(H,29,30). The van der Waals surface area contributed by atoms with E-state index in [1.165, 1.54) is 56.2 Å². The van der Waals surface area contributed by atoms with Crippen LogP contribution in [0.2, 0.25) is 0 Å². The van der Waals surface area contributed by atoms with Crippen LogP contribution in [0.15, 0.2) is 36.4 Å². The summed E-state index contributed by atoms with van der Waals surface area (Å²) in [6.45, 7) is -0.133. The van der Waals surface area contributed by atoms with Gasteiger partial charge >= 0.3 is 5.97 Å². The van der Waals surface area contributed by atoms with Crippen LogP contribution in [0.25, 0.3) is 0 Å². The number of carbonyl (C=O) groups excluding carboxylic acids is 1. The maximum atomic E-state index is 13.0. The summed E-state index contributed by atoms with van der Waals surface area (Å²) in [4.78, 5) is 24.3. The fourth-order valence-corrected chi connectivity index (χ4v) is 7.20. The van der Waals surface area contributed by atoms with Gasteiger partial charge < -0.3 is 14.6 Å². The van der Waals surface area contributed by atoms with Crippen molar-refractivity contribution in [3.63, 3.8) is 0 Å². The smallest absolute Gasteiger partial charge is 0.335 e. The molecule has 2 aromatic carbocycles. The molecule has 6 rings (SSSR count). The Morgan fingerprint density at radius 3 is 2.19 bits per heavy atom. The number of halogens is 1. The Morgan fingerprint density at radius 2 is 1.59 bits per heavy atom. The number of hydrogen-bond acceptors (Lipinski definition) is 4. The minimum Gasteiger partial charge on any atom is -0.496 e. The molecule has 0 atom stereocenters. The van der Waals surface area contributed by atoms with Gasteiger partial charge in [-0.15, -0.1) is 0 Å². The number of carboxylic acids is 1. The number of Topliss-reactive ketones (excluding diaryl/α,β-unsaturated/α-hetero) is 1. The predicted molar refractivity (Wildman–Crippen MR) is 129 cm³/mol. The number of methoxy groups -OCH3 is 1. The van der Waals surface area contributed by atoms with Crippen LogP contribution < -0.4 is 9.47 Å². The quantitative estimate of drug-likeness (QED) is 0.355. The van der Waals surface area contributed by atoms with Crippen LogP contribution in [0.1, 0.15) is 64.8 Å². The number of aromatic carboxylic acids is 1. The van der Waals surface area contributed by atoms with Crippen molar-refractivity contribution in [3.8, 4) is 11.5 Å². The van der Waals surface area contributed by atoms with E-state index in [2.05, 4.69) is 22.6 Å². The van der Waals surface area contributed by atoms with E-state index < -0.39 is 5.97 Å². The molecule has 2 aromatic rings. The van der Waals surface area contributed by atoms with Gasteiger partial charge in [0.05, 0.1) is 16.2 Å². The Hall–Kier alpha value is -2.09. The molecule has 0 amide bonds. The van der Waals surface area contributed by atoms with Gasteiger partial charge in [0, 0.05) is 11.1 Å². The first kappa shape index (κ1) is 21.7. The van der Waals surface area contributed by atoms with Gasteiger partial charge in [0.25, 0.3) is 0 Å². The Labute approximate surface area is 201 Å². The second-order valence-corrected chi connectivity index (χ2v) is 10.9. The highest BCUT2D eigenvalue weighted by Crippen LogP contribution is 2.61. The summed E-state index contributed by atoms with van der Waals surface area (Å²) in [6, 6.07) is 10.5. The summed E-state index contributed by atoms with van der Waals surface area (Å²) in [5, 5.41) is 9.22. The molecule has 0 spiro atoms. The SMILES string of the molecule is COc1ccc(C(=O)COc2cc(C(=O)O)ccc2I)cc1C12CC3CC(CC(C3)C1)C2. The van der Waals surface area contributed by atoms with E-state index in [9.17, 15) is 14.7 Å². The Bertz CT molecular complexity index is 1040. The molecule has 0 heterocycles. The molecule has 5 nitrogen and oxygen atoms in total. The topological polar surface area (TPSA) is 72.8 Å². The van der Waals surface area contributed by atoms with Gasteiger partial charge in [0.15, 0.2) is 12.4 Å². The van der Waals surface area contributed by atoms with Crippen molar-refractivity contribution in [1.29, 1.82) is 0 Å². The van der Waals surface area contributed by atoms with Crippen LogP contribution in [0.4, 0.5) is 0 Å². The predicted octanol–water partition coefficient (Wildman–Crippen LogP) is 5.73. The monoisotopic (exact) mass is 546 g/mol. The van der Waals surface area contributed by atoms with E-state index in [0.717, 1.165) is 27.1 Å². The molecular formula is C26H27IO5. The third kappa shape index (κ3) is 3.91. The third-order valence-electron chi connectivity index (χ3n) is 7.67. The first-order valence-electron chi connectivity index (χ1n) is 11.2. The molecule has 0 saturated heterocycles. The van der Waals surface area contributed by atoms with Crippen LogP contribution in [-0.4, -0.2) is 30.6 Å². The molecule has 0 unspecified atom stereocenters.